The van der Waals surface area contributed by atoms with Crippen molar-refractivity contribution in [3.8, 4) is 0 Å². The SMILES string of the molecule is CC1(C)OC23C[C@@H](NC(=O)c4ccccc4)CC[C@@]2(C)CC[C@@H]1C3. The van der Waals surface area contributed by atoms with Crippen molar-refractivity contribution in [2.45, 2.75) is 76.5 Å². The molecule has 3 fully saturated rings. The molecule has 0 radical (unpaired) electrons. The van der Waals surface area contributed by atoms with E-state index in [4.69, 9.17) is 4.74 Å². The molecule has 1 aliphatic heterocycles. The van der Waals surface area contributed by atoms with E-state index in [-0.39, 0.29) is 28.6 Å². The van der Waals surface area contributed by atoms with Gasteiger partial charge in [0.1, 0.15) is 0 Å². The summed E-state index contributed by atoms with van der Waals surface area (Å²) in [6.07, 6.45) is 6.88. The summed E-state index contributed by atoms with van der Waals surface area (Å²) < 4.78 is 6.73. The Labute approximate surface area is 145 Å². The highest BCUT2D eigenvalue weighted by molar-refractivity contribution is 5.94. The Hall–Kier alpha value is -1.35. The van der Waals surface area contributed by atoms with Gasteiger partial charge in [-0.15, -0.1) is 0 Å². The van der Waals surface area contributed by atoms with E-state index in [2.05, 4.69) is 26.1 Å². The summed E-state index contributed by atoms with van der Waals surface area (Å²) in [4.78, 5) is 12.5. The van der Waals surface area contributed by atoms with Gasteiger partial charge in [0.25, 0.3) is 5.91 Å². The number of amides is 1. The fourth-order valence-electron chi connectivity index (χ4n) is 5.51. The highest BCUT2D eigenvalue weighted by Crippen LogP contribution is 2.63. The molecule has 24 heavy (non-hydrogen) atoms. The second-order valence-corrected chi connectivity index (χ2v) is 8.98. The fourth-order valence-corrected chi connectivity index (χ4v) is 5.51. The summed E-state index contributed by atoms with van der Waals surface area (Å²) in [6, 6.07) is 9.76. The fraction of sp³-hybridized carbons (Fsp3) is 0.667. The highest BCUT2D eigenvalue weighted by atomic mass is 16.5. The van der Waals surface area contributed by atoms with Crippen molar-refractivity contribution in [3.63, 3.8) is 0 Å². The zero-order valence-electron chi connectivity index (χ0n) is 15.1. The quantitative estimate of drug-likeness (QED) is 0.878. The Kier molecular flexibility index (Phi) is 3.58. The van der Waals surface area contributed by atoms with Crippen LogP contribution in [0.4, 0.5) is 0 Å². The number of hydrogen-bond donors (Lipinski definition) is 1. The van der Waals surface area contributed by atoms with Crippen LogP contribution >= 0.6 is 0 Å². The molecular formula is C21H29NO2. The van der Waals surface area contributed by atoms with Crippen molar-refractivity contribution in [1.29, 1.82) is 0 Å². The smallest absolute Gasteiger partial charge is 0.251 e. The first-order valence-corrected chi connectivity index (χ1v) is 9.40. The lowest BCUT2D eigenvalue weighted by Crippen LogP contribution is -2.57. The summed E-state index contributed by atoms with van der Waals surface area (Å²) >= 11 is 0. The van der Waals surface area contributed by atoms with Crippen LogP contribution in [0.15, 0.2) is 30.3 Å². The predicted molar refractivity (Wildman–Crippen MR) is 94.9 cm³/mol. The Morgan fingerprint density at radius 3 is 2.54 bits per heavy atom. The van der Waals surface area contributed by atoms with E-state index in [1.54, 1.807) is 0 Å². The van der Waals surface area contributed by atoms with Crippen molar-refractivity contribution in [2.24, 2.45) is 11.3 Å². The van der Waals surface area contributed by atoms with Crippen LogP contribution in [-0.2, 0) is 4.74 Å². The van der Waals surface area contributed by atoms with Gasteiger partial charge >= 0.3 is 0 Å². The topological polar surface area (TPSA) is 38.3 Å². The molecule has 3 aliphatic rings. The molecule has 1 aromatic carbocycles. The molecule has 1 amide bonds. The van der Waals surface area contributed by atoms with Crippen LogP contribution in [0.3, 0.4) is 0 Å². The maximum Gasteiger partial charge on any atom is 0.251 e. The number of rotatable bonds is 2. The highest BCUT2D eigenvalue weighted by Gasteiger charge is 2.64. The number of benzene rings is 1. The molecule has 1 aromatic rings. The van der Waals surface area contributed by atoms with E-state index in [0.717, 1.165) is 31.2 Å². The molecule has 4 rings (SSSR count). The molecule has 2 aliphatic carbocycles. The van der Waals surface area contributed by atoms with Crippen molar-refractivity contribution in [2.75, 3.05) is 0 Å². The molecule has 1 saturated heterocycles. The minimum atomic E-state index is -0.0493. The minimum Gasteiger partial charge on any atom is -0.368 e. The standard InChI is InChI=1S/C21H29NO2/c1-19(2)16-9-11-20(3)12-10-17(14-21(20,13-16)24-19)22-18(23)15-7-5-4-6-8-15/h4-8,16-17H,9-14H2,1-3H3,(H,22,23)/t16-,17+,20-,21?/m1/s1. The Morgan fingerprint density at radius 2 is 1.79 bits per heavy atom. The van der Waals surface area contributed by atoms with Crippen molar-refractivity contribution < 1.29 is 9.53 Å². The number of fused-ring (bicyclic) bond motifs is 1. The van der Waals surface area contributed by atoms with Crippen LogP contribution < -0.4 is 5.32 Å². The number of nitrogens with one attached hydrogen (secondary N) is 1. The van der Waals surface area contributed by atoms with E-state index >= 15 is 0 Å². The van der Waals surface area contributed by atoms with Gasteiger partial charge in [-0.1, -0.05) is 25.1 Å². The first-order valence-electron chi connectivity index (χ1n) is 9.40. The maximum atomic E-state index is 12.5. The summed E-state index contributed by atoms with van der Waals surface area (Å²) in [6.45, 7) is 6.93. The van der Waals surface area contributed by atoms with Crippen LogP contribution in [0.1, 0.15) is 69.7 Å². The van der Waals surface area contributed by atoms with E-state index in [0.29, 0.717) is 5.92 Å². The van der Waals surface area contributed by atoms with E-state index in [9.17, 15) is 4.79 Å². The molecule has 130 valence electrons. The van der Waals surface area contributed by atoms with Gasteiger partial charge in [-0.25, -0.2) is 0 Å². The third-order valence-electron chi connectivity index (χ3n) is 7.15. The zero-order valence-corrected chi connectivity index (χ0v) is 15.1. The lowest BCUT2D eigenvalue weighted by atomic mass is 9.55. The van der Waals surface area contributed by atoms with Gasteiger partial charge in [0.2, 0.25) is 0 Å². The van der Waals surface area contributed by atoms with E-state index < -0.39 is 0 Å². The number of hydrogen-bond acceptors (Lipinski definition) is 2. The largest absolute Gasteiger partial charge is 0.368 e. The second-order valence-electron chi connectivity index (χ2n) is 8.98. The molecule has 3 heteroatoms. The summed E-state index contributed by atoms with van der Waals surface area (Å²) in [5.74, 6) is 0.708. The monoisotopic (exact) mass is 327 g/mol. The van der Waals surface area contributed by atoms with Gasteiger partial charge in [-0.05, 0) is 75.8 Å². The molecule has 1 N–H and O–H groups in total. The van der Waals surface area contributed by atoms with Gasteiger partial charge in [0.15, 0.2) is 0 Å². The first-order chi connectivity index (χ1) is 11.3. The average Bonchev–Trinajstić information content (AvgIpc) is 2.77. The predicted octanol–water partition coefficient (Wildman–Crippen LogP) is 4.32. The van der Waals surface area contributed by atoms with E-state index in [1.807, 2.05) is 30.3 Å². The maximum absolute atomic E-state index is 12.5. The lowest BCUT2D eigenvalue weighted by Gasteiger charge is -2.53. The summed E-state index contributed by atoms with van der Waals surface area (Å²) in [5, 5.41) is 3.27. The third-order valence-corrected chi connectivity index (χ3v) is 7.15. The van der Waals surface area contributed by atoms with Crippen LogP contribution in [0.25, 0.3) is 0 Å². The second kappa shape index (κ2) is 5.32. The Bertz CT molecular complexity index is 640. The molecule has 4 atom stereocenters. The molecule has 0 aromatic heterocycles. The third kappa shape index (κ3) is 2.40. The number of ether oxygens (including phenoxy) is 1. The lowest BCUT2D eigenvalue weighted by molar-refractivity contribution is -0.170. The van der Waals surface area contributed by atoms with Crippen molar-refractivity contribution in [3.05, 3.63) is 35.9 Å². The molecular weight excluding hydrogens is 298 g/mol. The molecule has 1 unspecified atom stereocenters. The van der Waals surface area contributed by atoms with Crippen LogP contribution in [0, 0.1) is 11.3 Å². The van der Waals surface area contributed by atoms with Crippen LogP contribution in [0.5, 0.6) is 0 Å². The Morgan fingerprint density at radius 1 is 1.08 bits per heavy atom. The molecule has 2 saturated carbocycles. The zero-order chi connectivity index (χ0) is 17.0. The van der Waals surface area contributed by atoms with E-state index in [1.165, 1.54) is 12.8 Å². The molecule has 3 nitrogen and oxygen atoms in total. The average molecular weight is 327 g/mol. The number of carbonyl (C=O) groups excluding carboxylic acids is 1. The van der Waals surface area contributed by atoms with Crippen LogP contribution in [-0.4, -0.2) is 23.2 Å². The molecule has 2 bridgehead atoms. The van der Waals surface area contributed by atoms with Gasteiger partial charge in [0, 0.05) is 11.6 Å². The summed E-state index contributed by atoms with van der Waals surface area (Å²) in [5.41, 5.74) is 0.943. The van der Waals surface area contributed by atoms with Gasteiger partial charge in [-0.2, -0.15) is 0 Å². The molecule has 1 spiro atoms. The molecule has 1 heterocycles. The number of carbonyl (C=O) groups is 1. The Balaban J connectivity index is 1.52. The normalized spacial score (nSPS) is 40.0. The van der Waals surface area contributed by atoms with Gasteiger partial charge in [-0.3, -0.25) is 4.79 Å². The van der Waals surface area contributed by atoms with Crippen molar-refractivity contribution >= 4 is 5.91 Å². The summed E-state index contributed by atoms with van der Waals surface area (Å²) in [7, 11) is 0. The van der Waals surface area contributed by atoms with Gasteiger partial charge in [0.05, 0.1) is 11.2 Å². The minimum absolute atomic E-state index is 0.0247. The van der Waals surface area contributed by atoms with Crippen LogP contribution in [0.2, 0.25) is 0 Å². The first kappa shape index (κ1) is 16.1. The van der Waals surface area contributed by atoms with Crippen molar-refractivity contribution in [1.82, 2.24) is 5.32 Å². The van der Waals surface area contributed by atoms with Gasteiger partial charge < -0.3 is 10.1 Å².